The number of anilines is 1. The maximum atomic E-state index is 11.7. The van der Waals surface area contributed by atoms with Gasteiger partial charge in [-0.15, -0.1) is 0 Å². The van der Waals surface area contributed by atoms with Crippen LogP contribution in [0.1, 0.15) is 19.4 Å². The summed E-state index contributed by atoms with van der Waals surface area (Å²) in [5, 5.41) is 2.75. The van der Waals surface area contributed by atoms with Crippen molar-refractivity contribution in [3.63, 3.8) is 0 Å². The third kappa shape index (κ3) is 2.45. The Hall–Kier alpha value is -2.73. The Morgan fingerprint density at radius 3 is 2.67 bits per heavy atom. The normalized spacial score (nSPS) is 15.3. The molecule has 0 atom stereocenters. The molecule has 6 heteroatoms. The molecule has 24 heavy (non-hydrogen) atoms. The first kappa shape index (κ1) is 14.8. The molecule has 0 spiro atoms. The summed E-state index contributed by atoms with van der Waals surface area (Å²) in [6.45, 7) is 3.78. The number of carbonyl (C=O) groups excluding carboxylic acids is 1. The van der Waals surface area contributed by atoms with E-state index in [0.717, 1.165) is 33.8 Å². The van der Waals surface area contributed by atoms with Crippen LogP contribution in [0.4, 0.5) is 10.5 Å². The van der Waals surface area contributed by atoms with E-state index in [9.17, 15) is 4.79 Å². The van der Waals surface area contributed by atoms with Crippen LogP contribution in [0.5, 0.6) is 0 Å². The molecule has 2 heterocycles. The number of nitrogens with zero attached hydrogens (tertiary/aromatic N) is 2. The number of aromatic nitrogens is 2. The van der Waals surface area contributed by atoms with Gasteiger partial charge in [-0.2, -0.15) is 4.37 Å². The number of ether oxygens (including phenoxy) is 1. The van der Waals surface area contributed by atoms with E-state index in [4.69, 9.17) is 4.74 Å². The maximum absolute atomic E-state index is 11.7. The number of hydrogen-bond donors (Lipinski definition) is 1. The molecule has 3 aromatic rings. The summed E-state index contributed by atoms with van der Waals surface area (Å²) in [6, 6.07) is 14.0. The monoisotopic (exact) mass is 337 g/mol. The van der Waals surface area contributed by atoms with E-state index < -0.39 is 11.7 Å². The summed E-state index contributed by atoms with van der Waals surface area (Å²) in [5.41, 5.74) is 5.84. The maximum Gasteiger partial charge on any atom is 0.412 e. The van der Waals surface area contributed by atoms with E-state index in [1.54, 1.807) is 5.51 Å². The first-order valence-corrected chi connectivity index (χ1v) is 8.39. The van der Waals surface area contributed by atoms with E-state index in [1.807, 2.05) is 50.2 Å². The molecule has 2 aromatic carbocycles. The minimum Gasteiger partial charge on any atom is -0.438 e. The molecule has 0 radical (unpaired) electrons. The fourth-order valence-corrected chi connectivity index (χ4v) is 3.40. The van der Waals surface area contributed by atoms with Crippen molar-refractivity contribution in [2.24, 2.45) is 0 Å². The Morgan fingerprint density at radius 1 is 1.12 bits per heavy atom. The van der Waals surface area contributed by atoms with E-state index in [1.165, 1.54) is 11.5 Å². The third-order valence-corrected chi connectivity index (χ3v) is 4.57. The van der Waals surface area contributed by atoms with Crippen LogP contribution in [0.2, 0.25) is 0 Å². The van der Waals surface area contributed by atoms with Crippen LogP contribution in [0.15, 0.2) is 48.0 Å². The van der Waals surface area contributed by atoms with Crippen LogP contribution in [0.3, 0.4) is 0 Å². The Labute approximate surface area is 143 Å². The smallest absolute Gasteiger partial charge is 0.412 e. The average Bonchev–Trinajstić information content (AvgIpc) is 3.08. The lowest BCUT2D eigenvalue weighted by atomic mass is 9.90. The molecule has 1 aliphatic heterocycles. The highest BCUT2D eigenvalue weighted by Gasteiger charge is 2.33. The molecule has 1 amide bonds. The fraction of sp³-hybridized carbons (Fsp3) is 0.167. The third-order valence-electron chi connectivity index (χ3n) is 4.09. The second kappa shape index (κ2) is 5.42. The molecule has 1 aromatic heterocycles. The van der Waals surface area contributed by atoms with Gasteiger partial charge < -0.3 is 4.74 Å². The van der Waals surface area contributed by atoms with Gasteiger partial charge in [0.25, 0.3) is 0 Å². The zero-order valence-electron chi connectivity index (χ0n) is 13.2. The zero-order chi connectivity index (χ0) is 16.7. The standard InChI is InChI=1S/C18H15N3O2S/c1-18(2)14-9-11(7-8-15(14)20-17(22)23-18)12-5-3-4-6-13(12)16-19-10-24-21-16/h3-10H,1-2H3,(H,20,22). The Balaban J connectivity index is 1.87. The topological polar surface area (TPSA) is 64.1 Å². The second-order valence-corrected chi connectivity index (χ2v) is 6.69. The summed E-state index contributed by atoms with van der Waals surface area (Å²) in [5.74, 6) is 0.720. The number of fused-ring (bicyclic) bond motifs is 1. The summed E-state index contributed by atoms with van der Waals surface area (Å²) in [4.78, 5) is 16.0. The van der Waals surface area contributed by atoms with E-state index >= 15 is 0 Å². The second-order valence-electron chi connectivity index (χ2n) is 6.09. The van der Waals surface area contributed by atoms with Crippen molar-refractivity contribution in [1.82, 2.24) is 9.36 Å². The molecule has 1 N–H and O–H groups in total. The number of benzene rings is 2. The first-order chi connectivity index (χ1) is 11.5. The minimum atomic E-state index is -0.679. The minimum absolute atomic E-state index is 0.424. The molecule has 120 valence electrons. The number of cyclic esters (lactones) is 1. The van der Waals surface area contributed by atoms with Gasteiger partial charge in [0.15, 0.2) is 5.82 Å². The predicted molar refractivity (Wildman–Crippen MR) is 93.9 cm³/mol. The Morgan fingerprint density at radius 2 is 1.92 bits per heavy atom. The molecule has 0 fully saturated rings. The van der Waals surface area contributed by atoms with Gasteiger partial charge in [-0.05, 0) is 48.6 Å². The van der Waals surface area contributed by atoms with Crippen molar-refractivity contribution in [3.8, 4) is 22.5 Å². The summed E-state index contributed by atoms with van der Waals surface area (Å²) in [6.07, 6.45) is -0.424. The van der Waals surface area contributed by atoms with E-state index in [0.29, 0.717) is 0 Å². The highest BCUT2D eigenvalue weighted by Crippen LogP contribution is 2.39. The SMILES string of the molecule is CC1(C)OC(=O)Nc2ccc(-c3ccccc3-c3ncsn3)cc21. The molecule has 0 unspecified atom stereocenters. The van der Waals surface area contributed by atoms with Crippen LogP contribution < -0.4 is 5.32 Å². The van der Waals surface area contributed by atoms with Crippen molar-refractivity contribution < 1.29 is 9.53 Å². The van der Waals surface area contributed by atoms with Crippen molar-refractivity contribution in [2.75, 3.05) is 5.32 Å². The number of carbonyl (C=O) groups is 1. The van der Waals surface area contributed by atoms with Crippen molar-refractivity contribution in [3.05, 3.63) is 53.5 Å². The molecule has 1 aliphatic rings. The average molecular weight is 337 g/mol. The number of rotatable bonds is 2. The van der Waals surface area contributed by atoms with Crippen LogP contribution in [-0.2, 0) is 10.3 Å². The Kier molecular flexibility index (Phi) is 3.35. The van der Waals surface area contributed by atoms with Crippen molar-refractivity contribution in [2.45, 2.75) is 19.4 Å². The first-order valence-electron chi connectivity index (χ1n) is 7.55. The van der Waals surface area contributed by atoms with Gasteiger partial charge >= 0.3 is 6.09 Å². The molecular weight excluding hydrogens is 322 g/mol. The van der Waals surface area contributed by atoms with Gasteiger partial charge in [-0.1, -0.05) is 30.3 Å². The molecular formula is C18H15N3O2S. The van der Waals surface area contributed by atoms with Gasteiger partial charge in [0.05, 0.1) is 5.69 Å². The van der Waals surface area contributed by atoms with Crippen molar-refractivity contribution in [1.29, 1.82) is 0 Å². The van der Waals surface area contributed by atoms with Gasteiger partial charge in [-0.3, -0.25) is 5.32 Å². The van der Waals surface area contributed by atoms with Crippen LogP contribution in [0.25, 0.3) is 22.5 Å². The number of nitrogens with one attached hydrogen (secondary N) is 1. The fourth-order valence-electron chi connectivity index (χ4n) is 2.96. The lowest BCUT2D eigenvalue weighted by Crippen LogP contribution is -2.34. The molecule has 5 nitrogen and oxygen atoms in total. The predicted octanol–water partition coefficient (Wildman–Crippen LogP) is 4.67. The van der Waals surface area contributed by atoms with Gasteiger partial charge in [0, 0.05) is 11.1 Å². The van der Waals surface area contributed by atoms with Crippen LogP contribution >= 0.6 is 11.5 Å². The molecule has 0 saturated carbocycles. The van der Waals surface area contributed by atoms with Gasteiger partial charge in [-0.25, -0.2) is 9.78 Å². The summed E-state index contributed by atoms with van der Waals surface area (Å²) < 4.78 is 9.77. The summed E-state index contributed by atoms with van der Waals surface area (Å²) >= 11 is 1.33. The molecule has 0 saturated heterocycles. The quantitative estimate of drug-likeness (QED) is 0.738. The lowest BCUT2D eigenvalue weighted by Gasteiger charge is -2.32. The highest BCUT2D eigenvalue weighted by atomic mass is 32.1. The Bertz CT molecular complexity index is 920. The molecule has 0 aliphatic carbocycles. The van der Waals surface area contributed by atoms with E-state index in [2.05, 4.69) is 20.7 Å². The zero-order valence-corrected chi connectivity index (χ0v) is 14.1. The largest absolute Gasteiger partial charge is 0.438 e. The summed E-state index contributed by atoms with van der Waals surface area (Å²) in [7, 11) is 0. The lowest BCUT2D eigenvalue weighted by molar-refractivity contribution is 0.0421. The van der Waals surface area contributed by atoms with Crippen LogP contribution in [-0.4, -0.2) is 15.5 Å². The molecule has 0 bridgehead atoms. The number of amides is 1. The molecule has 4 rings (SSSR count). The van der Waals surface area contributed by atoms with Gasteiger partial charge in [0.1, 0.15) is 11.1 Å². The van der Waals surface area contributed by atoms with Crippen LogP contribution in [0, 0.1) is 0 Å². The van der Waals surface area contributed by atoms with Gasteiger partial charge in [0.2, 0.25) is 0 Å². The highest BCUT2D eigenvalue weighted by molar-refractivity contribution is 7.03. The van der Waals surface area contributed by atoms with E-state index in [-0.39, 0.29) is 0 Å². The number of hydrogen-bond acceptors (Lipinski definition) is 5. The van der Waals surface area contributed by atoms with Crippen molar-refractivity contribution >= 4 is 23.3 Å².